The Hall–Kier alpha value is -2.32. The summed E-state index contributed by atoms with van der Waals surface area (Å²) in [6.07, 6.45) is 5.46. The Morgan fingerprint density at radius 1 is 1.19 bits per heavy atom. The van der Waals surface area contributed by atoms with Gasteiger partial charge in [-0.25, -0.2) is 4.39 Å². The van der Waals surface area contributed by atoms with Gasteiger partial charge in [-0.15, -0.1) is 11.8 Å². The highest BCUT2D eigenvalue weighted by atomic mass is 32.2. The third-order valence-electron chi connectivity index (χ3n) is 6.97. The first-order chi connectivity index (χ1) is 15.1. The molecular weight excluding hydrogens is 435 g/mol. The molecule has 1 aliphatic heterocycles. The molecule has 2 aliphatic carbocycles. The predicted molar refractivity (Wildman–Crippen MR) is 118 cm³/mol. The first kappa shape index (κ1) is 19.4. The minimum Gasteiger partial charge on any atom is -0.469 e. The van der Waals surface area contributed by atoms with E-state index in [9.17, 15) is 14.0 Å². The first-order valence-electron chi connectivity index (χ1n) is 10.6. The zero-order valence-electron chi connectivity index (χ0n) is 16.6. The number of anilines is 1. The van der Waals surface area contributed by atoms with Crippen LogP contribution in [0.25, 0.3) is 0 Å². The number of furan rings is 1. The molecule has 1 aromatic carbocycles. The van der Waals surface area contributed by atoms with Crippen molar-refractivity contribution in [3.05, 3.63) is 68.8 Å². The number of thiazole rings is 1. The fraction of sp³-hybridized carbons (Fsp3) is 0.391. The van der Waals surface area contributed by atoms with E-state index in [0.717, 1.165) is 15.7 Å². The summed E-state index contributed by atoms with van der Waals surface area (Å²) in [7, 11) is 0. The summed E-state index contributed by atoms with van der Waals surface area (Å²) in [6.45, 7) is -0.0502. The maximum absolute atomic E-state index is 13.1. The molecule has 0 unspecified atom stereocenters. The van der Waals surface area contributed by atoms with E-state index >= 15 is 0 Å². The molecule has 0 radical (unpaired) electrons. The third kappa shape index (κ3) is 3.19. The molecule has 3 aromatic rings. The number of amides is 1. The normalized spacial score (nSPS) is 28.4. The van der Waals surface area contributed by atoms with Crippen LogP contribution in [-0.4, -0.2) is 15.7 Å². The molecule has 3 aliphatic rings. The van der Waals surface area contributed by atoms with Crippen molar-refractivity contribution < 1.29 is 13.6 Å². The summed E-state index contributed by atoms with van der Waals surface area (Å²) in [5.41, 5.74) is 0.512. The van der Waals surface area contributed by atoms with Crippen LogP contribution in [-0.2, 0) is 11.3 Å². The van der Waals surface area contributed by atoms with E-state index in [-0.39, 0.29) is 29.1 Å². The average Bonchev–Trinajstić information content (AvgIpc) is 3.54. The molecule has 5 atom stereocenters. The second-order valence-corrected chi connectivity index (χ2v) is 10.8. The molecule has 31 heavy (non-hydrogen) atoms. The van der Waals surface area contributed by atoms with Gasteiger partial charge in [-0.3, -0.25) is 14.2 Å². The van der Waals surface area contributed by atoms with Crippen LogP contribution in [0.15, 0.2) is 56.9 Å². The van der Waals surface area contributed by atoms with Gasteiger partial charge in [0.25, 0.3) is 0 Å². The molecule has 160 valence electrons. The van der Waals surface area contributed by atoms with Crippen molar-refractivity contribution in [1.29, 1.82) is 0 Å². The number of carbonyl (C=O) groups is 1. The van der Waals surface area contributed by atoms with Gasteiger partial charge in [0.2, 0.25) is 5.91 Å². The standard InChI is InChI=1S/C23H21FN2O3S2/c24-14-5-7-15(8-6-14)25-17(27)11-26-22-21(31-23(26)28)19(16-2-1-9-29-16)18-12-3-4-13(10-12)20(18)30-22/h1-2,5-9,12-13,18-20H,3-4,10-11H2,(H,25,27)/t12-,13-,18-,19-,20+/m0/s1. The van der Waals surface area contributed by atoms with Gasteiger partial charge in [0.05, 0.1) is 22.1 Å². The summed E-state index contributed by atoms with van der Waals surface area (Å²) < 4.78 is 20.6. The number of halogens is 1. The number of carbonyl (C=O) groups excluding carboxylic acids is 1. The van der Waals surface area contributed by atoms with Gasteiger partial charge in [0, 0.05) is 10.9 Å². The molecule has 0 saturated heterocycles. The van der Waals surface area contributed by atoms with Gasteiger partial charge in [0.1, 0.15) is 18.1 Å². The van der Waals surface area contributed by atoms with Crippen molar-refractivity contribution in [3.63, 3.8) is 0 Å². The third-order valence-corrected chi connectivity index (χ3v) is 9.80. The summed E-state index contributed by atoms with van der Waals surface area (Å²) in [5.74, 6) is 2.20. The maximum atomic E-state index is 13.1. The van der Waals surface area contributed by atoms with Crippen LogP contribution in [0.1, 0.15) is 35.8 Å². The number of thioether (sulfide) groups is 1. The molecule has 1 N–H and O–H groups in total. The number of hydrogen-bond donors (Lipinski definition) is 1. The van der Waals surface area contributed by atoms with Crippen LogP contribution in [0.5, 0.6) is 0 Å². The van der Waals surface area contributed by atoms with E-state index in [1.54, 1.807) is 22.6 Å². The van der Waals surface area contributed by atoms with E-state index < -0.39 is 0 Å². The SMILES string of the molecule is O=C(Cn1c2c(sc1=O)[C@@H](c1ccco1)[C@@H]1[C@H]3CC[C@@H](C3)[C@H]1S2)Nc1ccc(F)cc1. The summed E-state index contributed by atoms with van der Waals surface area (Å²) in [6, 6.07) is 9.56. The Labute approximate surface area is 186 Å². The lowest BCUT2D eigenvalue weighted by molar-refractivity contribution is -0.116. The van der Waals surface area contributed by atoms with Gasteiger partial charge in [-0.05, 0) is 73.4 Å². The lowest BCUT2D eigenvalue weighted by Gasteiger charge is -2.39. The topological polar surface area (TPSA) is 64.2 Å². The van der Waals surface area contributed by atoms with Gasteiger partial charge >= 0.3 is 4.87 Å². The van der Waals surface area contributed by atoms with Crippen molar-refractivity contribution in [2.24, 2.45) is 17.8 Å². The zero-order valence-corrected chi connectivity index (χ0v) is 18.3. The predicted octanol–water partition coefficient (Wildman–Crippen LogP) is 4.93. The van der Waals surface area contributed by atoms with Gasteiger partial charge in [0.15, 0.2) is 0 Å². The molecule has 6 rings (SSSR count). The van der Waals surface area contributed by atoms with E-state index in [2.05, 4.69) is 5.32 Å². The van der Waals surface area contributed by atoms with Crippen LogP contribution in [0.4, 0.5) is 10.1 Å². The van der Waals surface area contributed by atoms with E-state index in [1.807, 2.05) is 12.1 Å². The van der Waals surface area contributed by atoms with Crippen molar-refractivity contribution in [2.45, 2.75) is 42.0 Å². The molecule has 2 aromatic heterocycles. The lowest BCUT2D eigenvalue weighted by Crippen LogP contribution is -2.34. The fourth-order valence-corrected chi connectivity index (χ4v) is 8.88. The summed E-state index contributed by atoms with van der Waals surface area (Å²) in [4.78, 5) is 26.6. The Morgan fingerprint density at radius 2 is 2.00 bits per heavy atom. The Kier molecular flexibility index (Phi) is 4.61. The van der Waals surface area contributed by atoms with Gasteiger partial charge in [-0.1, -0.05) is 11.3 Å². The molecule has 2 fully saturated rings. The number of benzene rings is 1. The Bertz CT molecular complexity index is 1180. The van der Waals surface area contributed by atoms with Gasteiger partial charge < -0.3 is 9.73 Å². The van der Waals surface area contributed by atoms with Crippen LogP contribution in [0.3, 0.4) is 0 Å². The van der Waals surface area contributed by atoms with Crippen LogP contribution in [0.2, 0.25) is 0 Å². The molecule has 3 heterocycles. The van der Waals surface area contributed by atoms with Crippen molar-refractivity contribution in [3.8, 4) is 0 Å². The first-order valence-corrected chi connectivity index (χ1v) is 12.3. The van der Waals surface area contributed by atoms with Gasteiger partial charge in [-0.2, -0.15) is 0 Å². The van der Waals surface area contributed by atoms with E-state index in [4.69, 9.17) is 4.42 Å². The maximum Gasteiger partial charge on any atom is 0.308 e. The molecule has 8 heteroatoms. The van der Waals surface area contributed by atoms with Crippen LogP contribution in [0, 0.1) is 23.6 Å². The number of hydrogen-bond acceptors (Lipinski definition) is 5. The van der Waals surface area contributed by atoms with E-state index in [0.29, 0.717) is 28.7 Å². The monoisotopic (exact) mass is 456 g/mol. The highest BCUT2D eigenvalue weighted by Gasteiger charge is 2.55. The largest absolute Gasteiger partial charge is 0.469 e. The number of nitrogens with one attached hydrogen (secondary N) is 1. The van der Waals surface area contributed by atoms with Crippen molar-refractivity contribution >= 4 is 34.7 Å². The fourth-order valence-electron chi connectivity index (χ4n) is 5.75. The Morgan fingerprint density at radius 3 is 2.77 bits per heavy atom. The summed E-state index contributed by atoms with van der Waals surface area (Å²) >= 11 is 3.04. The molecule has 1 amide bonds. The second-order valence-electron chi connectivity index (χ2n) is 8.66. The molecule has 0 spiro atoms. The number of fused-ring (bicyclic) bond motifs is 6. The van der Waals surface area contributed by atoms with Crippen molar-refractivity contribution in [2.75, 3.05) is 5.32 Å². The highest BCUT2D eigenvalue weighted by Crippen LogP contribution is 2.64. The average molecular weight is 457 g/mol. The molecule has 5 nitrogen and oxygen atoms in total. The zero-order chi connectivity index (χ0) is 21.1. The van der Waals surface area contributed by atoms with Crippen LogP contribution >= 0.6 is 23.1 Å². The molecular formula is C23H21FN2O3S2. The molecule has 2 saturated carbocycles. The van der Waals surface area contributed by atoms with E-state index in [1.165, 1.54) is 54.9 Å². The van der Waals surface area contributed by atoms with Crippen molar-refractivity contribution in [1.82, 2.24) is 4.57 Å². The quantitative estimate of drug-likeness (QED) is 0.604. The highest BCUT2D eigenvalue weighted by molar-refractivity contribution is 8.00. The smallest absolute Gasteiger partial charge is 0.308 e. The Balaban J connectivity index is 1.34. The minimum absolute atomic E-state index is 0.0502. The molecule has 2 bridgehead atoms. The number of aromatic nitrogens is 1. The number of nitrogens with zero attached hydrogens (tertiary/aromatic N) is 1. The van der Waals surface area contributed by atoms with Crippen LogP contribution < -0.4 is 10.2 Å². The minimum atomic E-state index is -0.359. The summed E-state index contributed by atoms with van der Waals surface area (Å²) in [5, 5.41) is 4.14. The second kappa shape index (κ2) is 7.38. The lowest BCUT2D eigenvalue weighted by atomic mass is 9.77. The number of rotatable bonds is 4.